The lowest BCUT2D eigenvalue weighted by Crippen LogP contribution is -2.50. The van der Waals surface area contributed by atoms with Gasteiger partial charge in [0.2, 0.25) is 0 Å². The zero-order valence-electron chi connectivity index (χ0n) is 12.9. The molecule has 1 aliphatic rings. The first kappa shape index (κ1) is 15.6. The molecule has 0 spiro atoms. The van der Waals surface area contributed by atoms with Crippen LogP contribution in [-0.4, -0.2) is 26.2 Å². The molecule has 3 rings (SSSR count). The first-order valence-corrected chi connectivity index (χ1v) is 7.57. The number of alkyl halides is 3. The Labute approximate surface area is 133 Å². The van der Waals surface area contributed by atoms with Crippen molar-refractivity contribution in [3.8, 4) is 0 Å². The summed E-state index contributed by atoms with van der Waals surface area (Å²) in [7, 11) is 1.99. The van der Waals surface area contributed by atoms with Gasteiger partial charge in [-0.25, -0.2) is 4.57 Å². The molecule has 0 aliphatic carbocycles. The number of aryl methyl sites for hydroxylation is 1. The van der Waals surface area contributed by atoms with Gasteiger partial charge >= 0.3 is 6.18 Å². The van der Waals surface area contributed by atoms with Gasteiger partial charge in [0.1, 0.15) is 13.1 Å². The SMILES string of the molecule is C[n+]1ccccc1N1CCN(c2cccc(C(F)(F)F)c2)CC1. The zero-order valence-corrected chi connectivity index (χ0v) is 12.9. The van der Waals surface area contributed by atoms with Gasteiger partial charge in [0, 0.05) is 11.8 Å². The van der Waals surface area contributed by atoms with Crippen molar-refractivity contribution >= 4 is 11.5 Å². The molecule has 2 heterocycles. The summed E-state index contributed by atoms with van der Waals surface area (Å²) in [6.07, 6.45) is -2.30. The van der Waals surface area contributed by atoms with Crippen LogP contribution in [0.4, 0.5) is 24.7 Å². The normalized spacial score (nSPS) is 15.8. The molecule has 0 amide bonds. The third-order valence-electron chi connectivity index (χ3n) is 4.17. The van der Waals surface area contributed by atoms with Crippen LogP contribution < -0.4 is 14.4 Å². The van der Waals surface area contributed by atoms with E-state index in [-0.39, 0.29) is 0 Å². The van der Waals surface area contributed by atoms with Crippen LogP contribution in [0.3, 0.4) is 0 Å². The average Bonchev–Trinajstić information content (AvgIpc) is 2.55. The molecule has 2 aromatic rings. The van der Waals surface area contributed by atoms with Gasteiger partial charge in [0.25, 0.3) is 5.82 Å². The molecule has 6 heteroatoms. The summed E-state index contributed by atoms with van der Waals surface area (Å²) < 4.78 is 40.6. The van der Waals surface area contributed by atoms with E-state index in [1.807, 2.05) is 30.3 Å². The van der Waals surface area contributed by atoms with Crippen molar-refractivity contribution in [1.29, 1.82) is 0 Å². The lowest BCUT2D eigenvalue weighted by Gasteiger charge is -2.33. The Hall–Kier alpha value is -2.24. The Kier molecular flexibility index (Phi) is 4.15. The highest BCUT2D eigenvalue weighted by Gasteiger charge is 2.31. The van der Waals surface area contributed by atoms with E-state index in [0.29, 0.717) is 18.8 Å². The Morgan fingerprint density at radius 1 is 0.913 bits per heavy atom. The van der Waals surface area contributed by atoms with Gasteiger partial charge < -0.3 is 4.90 Å². The molecule has 0 N–H and O–H groups in total. The molecule has 3 nitrogen and oxygen atoms in total. The van der Waals surface area contributed by atoms with E-state index >= 15 is 0 Å². The third-order valence-corrected chi connectivity index (χ3v) is 4.17. The van der Waals surface area contributed by atoms with Gasteiger partial charge in [-0.1, -0.05) is 12.1 Å². The molecular formula is C17H19F3N3+. The quantitative estimate of drug-likeness (QED) is 0.787. The number of nitrogens with zero attached hydrogens (tertiary/aromatic N) is 3. The highest BCUT2D eigenvalue weighted by atomic mass is 19.4. The maximum absolute atomic E-state index is 12.8. The molecule has 1 aliphatic heterocycles. The average molecular weight is 322 g/mol. The van der Waals surface area contributed by atoms with E-state index in [0.717, 1.165) is 25.0 Å². The molecule has 23 heavy (non-hydrogen) atoms. The van der Waals surface area contributed by atoms with Crippen molar-refractivity contribution in [1.82, 2.24) is 0 Å². The fourth-order valence-electron chi connectivity index (χ4n) is 2.92. The minimum absolute atomic E-state index is 0.591. The molecule has 1 fully saturated rings. The van der Waals surface area contributed by atoms with Crippen LogP contribution in [-0.2, 0) is 13.2 Å². The number of hydrogen-bond acceptors (Lipinski definition) is 2. The summed E-state index contributed by atoms with van der Waals surface area (Å²) in [6.45, 7) is 2.98. The van der Waals surface area contributed by atoms with Crippen LogP contribution in [0.5, 0.6) is 0 Å². The Bertz CT molecular complexity index is 677. The Balaban J connectivity index is 1.71. The second kappa shape index (κ2) is 6.10. The van der Waals surface area contributed by atoms with Crippen molar-refractivity contribution < 1.29 is 17.7 Å². The molecule has 0 saturated carbocycles. The van der Waals surface area contributed by atoms with Gasteiger partial charge in [-0.15, -0.1) is 0 Å². The number of piperazine rings is 1. The first-order chi connectivity index (χ1) is 10.9. The third kappa shape index (κ3) is 3.41. The maximum Gasteiger partial charge on any atom is 0.416 e. The number of benzene rings is 1. The predicted molar refractivity (Wildman–Crippen MR) is 83.5 cm³/mol. The van der Waals surface area contributed by atoms with Gasteiger partial charge in [0.15, 0.2) is 0 Å². The Morgan fingerprint density at radius 3 is 2.26 bits per heavy atom. The van der Waals surface area contributed by atoms with Crippen LogP contribution in [0.15, 0.2) is 48.7 Å². The molecule has 0 bridgehead atoms. The number of halogens is 3. The molecular weight excluding hydrogens is 303 g/mol. The van der Waals surface area contributed by atoms with E-state index in [1.165, 1.54) is 12.1 Å². The molecule has 0 unspecified atom stereocenters. The maximum atomic E-state index is 12.8. The topological polar surface area (TPSA) is 10.4 Å². The summed E-state index contributed by atoms with van der Waals surface area (Å²) in [5.41, 5.74) is 0.0452. The van der Waals surface area contributed by atoms with E-state index in [4.69, 9.17) is 0 Å². The van der Waals surface area contributed by atoms with E-state index in [2.05, 4.69) is 15.5 Å². The Morgan fingerprint density at radius 2 is 1.61 bits per heavy atom. The van der Waals surface area contributed by atoms with Gasteiger partial charge in [0.05, 0.1) is 31.9 Å². The fourth-order valence-corrected chi connectivity index (χ4v) is 2.92. The van der Waals surface area contributed by atoms with Crippen molar-refractivity contribution in [2.75, 3.05) is 36.0 Å². The molecule has 1 aromatic carbocycles. The summed E-state index contributed by atoms with van der Waals surface area (Å²) in [5.74, 6) is 1.12. The lowest BCUT2D eigenvalue weighted by molar-refractivity contribution is -0.659. The van der Waals surface area contributed by atoms with Crippen LogP contribution >= 0.6 is 0 Å². The molecule has 0 radical (unpaired) electrons. The van der Waals surface area contributed by atoms with Gasteiger partial charge in [-0.05, 0) is 24.3 Å². The molecule has 0 atom stereocenters. The summed E-state index contributed by atoms with van der Waals surface area (Å²) in [5, 5.41) is 0. The molecule has 1 aromatic heterocycles. The minimum Gasteiger partial charge on any atom is -0.364 e. The highest BCUT2D eigenvalue weighted by Crippen LogP contribution is 2.32. The molecule has 1 saturated heterocycles. The number of pyridine rings is 1. The largest absolute Gasteiger partial charge is 0.416 e. The van der Waals surface area contributed by atoms with Crippen molar-refractivity contribution in [3.05, 3.63) is 54.2 Å². The zero-order chi connectivity index (χ0) is 16.4. The second-order valence-corrected chi connectivity index (χ2v) is 5.69. The predicted octanol–water partition coefficient (Wildman–Crippen LogP) is 2.86. The first-order valence-electron chi connectivity index (χ1n) is 7.57. The lowest BCUT2D eigenvalue weighted by atomic mass is 10.1. The van der Waals surface area contributed by atoms with Gasteiger partial charge in [-0.3, -0.25) is 4.90 Å². The van der Waals surface area contributed by atoms with Crippen molar-refractivity contribution in [2.24, 2.45) is 7.05 Å². The van der Waals surface area contributed by atoms with Crippen LogP contribution in [0.25, 0.3) is 0 Å². The van der Waals surface area contributed by atoms with Crippen LogP contribution in [0.2, 0.25) is 0 Å². The van der Waals surface area contributed by atoms with Crippen LogP contribution in [0, 0.1) is 0 Å². The highest BCUT2D eigenvalue weighted by molar-refractivity contribution is 5.51. The number of hydrogen-bond donors (Lipinski definition) is 0. The number of anilines is 2. The fraction of sp³-hybridized carbons (Fsp3) is 0.353. The van der Waals surface area contributed by atoms with Crippen molar-refractivity contribution in [2.45, 2.75) is 6.18 Å². The smallest absolute Gasteiger partial charge is 0.364 e. The van der Waals surface area contributed by atoms with Crippen molar-refractivity contribution in [3.63, 3.8) is 0 Å². The number of rotatable bonds is 2. The molecule has 122 valence electrons. The summed E-state index contributed by atoms with van der Waals surface area (Å²) in [4.78, 5) is 4.26. The minimum atomic E-state index is -4.30. The standard InChI is InChI=1S/C17H19F3N3/c1-21-8-3-2-7-16(21)23-11-9-22(10-12-23)15-6-4-5-14(13-15)17(18,19)20/h2-8,13H,9-12H2,1H3/q+1. The number of aromatic nitrogens is 1. The van der Waals surface area contributed by atoms with E-state index in [9.17, 15) is 13.2 Å². The van der Waals surface area contributed by atoms with E-state index in [1.54, 1.807) is 6.07 Å². The second-order valence-electron chi connectivity index (χ2n) is 5.69. The summed E-state index contributed by atoms with van der Waals surface area (Å²) >= 11 is 0. The monoisotopic (exact) mass is 322 g/mol. The van der Waals surface area contributed by atoms with Gasteiger partial charge in [-0.2, -0.15) is 13.2 Å². The van der Waals surface area contributed by atoms with Crippen LogP contribution in [0.1, 0.15) is 5.56 Å². The van der Waals surface area contributed by atoms with E-state index < -0.39 is 11.7 Å². The summed E-state index contributed by atoms with van der Waals surface area (Å²) in [6, 6.07) is 11.6.